The van der Waals surface area contributed by atoms with Crippen LogP contribution in [-0.2, 0) is 0 Å². The smallest absolute Gasteiger partial charge is 0.255 e. The Balaban J connectivity index is 2.16. The van der Waals surface area contributed by atoms with Crippen molar-refractivity contribution in [2.75, 3.05) is 17.2 Å². The van der Waals surface area contributed by atoms with Gasteiger partial charge in [-0.3, -0.25) is 4.79 Å². The minimum Gasteiger partial charge on any atom is -0.385 e. The van der Waals surface area contributed by atoms with Crippen molar-refractivity contribution in [2.45, 2.75) is 13.8 Å². The first kappa shape index (κ1) is 15.9. The first-order valence-electron chi connectivity index (χ1n) is 6.62. The average molecular weight is 368 g/mol. The number of rotatable bonds is 4. The van der Waals surface area contributed by atoms with Gasteiger partial charge in [0.2, 0.25) is 0 Å². The molecule has 0 aliphatic heterocycles. The van der Waals surface area contributed by atoms with Gasteiger partial charge in [0.15, 0.2) is 0 Å². The molecule has 2 aromatic rings. The van der Waals surface area contributed by atoms with Gasteiger partial charge >= 0.3 is 0 Å². The summed E-state index contributed by atoms with van der Waals surface area (Å²) >= 11 is 9.52. The van der Waals surface area contributed by atoms with Crippen molar-refractivity contribution in [3.05, 3.63) is 57.0 Å². The summed E-state index contributed by atoms with van der Waals surface area (Å²) < 4.78 is 0.807. The van der Waals surface area contributed by atoms with Gasteiger partial charge in [0.25, 0.3) is 5.91 Å². The third-order valence-electron chi connectivity index (χ3n) is 3.02. The number of aryl methyl sites for hydroxylation is 1. The molecule has 2 aromatic carbocycles. The predicted molar refractivity (Wildman–Crippen MR) is 92.4 cm³/mol. The maximum Gasteiger partial charge on any atom is 0.255 e. The molecule has 0 spiro atoms. The molecule has 0 aliphatic rings. The van der Waals surface area contributed by atoms with Crippen molar-refractivity contribution in [3.63, 3.8) is 0 Å². The van der Waals surface area contributed by atoms with Gasteiger partial charge in [-0.25, -0.2) is 0 Å². The number of hydrogen-bond donors (Lipinski definition) is 2. The zero-order valence-electron chi connectivity index (χ0n) is 11.8. The Bertz CT molecular complexity index is 656. The molecule has 0 atom stereocenters. The van der Waals surface area contributed by atoms with Crippen LogP contribution in [0.15, 0.2) is 40.9 Å². The average Bonchev–Trinajstić information content (AvgIpc) is 2.46. The van der Waals surface area contributed by atoms with E-state index in [1.54, 1.807) is 18.2 Å². The van der Waals surface area contributed by atoms with Gasteiger partial charge in [-0.05, 0) is 71.7 Å². The van der Waals surface area contributed by atoms with Gasteiger partial charge < -0.3 is 10.6 Å². The molecule has 0 saturated heterocycles. The molecule has 0 aromatic heterocycles. The first-order chi connectivity index (χ1) is 10.0. The van der Waals surface area contributed by atoms with Crippen molar-refractivity contribution in [1.82, 2.24) is 0 Å². The number of amides is 1. The molecular weight excluding hydrogens is 352 g/mol. The molecule has 0 aliphatic carbocycles. The van der Waals surface area contributed by atoms with Gasteiger partial charge in [-0.2, -0.15) is 0 Å². The van der Waals surface area contributed by atoms with Gasteiger partial charge in [-0.15, -0.1) is 0 Å². The molecule has 2 rings (SSSR count). The van der Waals surface area contributed by atoms with Crippen molar-refractivity contribution in [3.8, 4) is 0 Å². The minimum atomic E-state index is -0.168. The second kappa shape index (κ2) is 6.96. The highest BCUT2D eigenvalue weighted by atomic mass is 79.9. The molecule has 0 heterocycles. The lowest BCUT2D eigenvalue weighted by Crippen LogP contribution is -2.12. The van der Waals surface area contributed by atoms with E-state index >= 15 is 0 Å². The van der Waals surface area contributed by atoms with Gasteiger partial charge in [0.1, 0.15) is 0 Å². The molecule has 0 radical (unpaired) electrons. The Labute approximate surface area is 137 Å². The van der Waals surface area contributed by atoms with E-state index in [1.807, 2.05) is 32.0 Å². The van der Waals surface area contributed by atoms with E-state index in [0.717, 1.165) is 22.3 Å². The fourth-order valence-corrected chi connectivity index (χ4v) is 2.60. The molecule has 1 amide bonds. The monoisotopic (exact) mass is 366 g/mol. The molecule has 0 saturated carbocycles. The third kappa shape index (κ3) is 3.99. The van der Waals surface area contributed by atoms with Crippen molar-refractivity contribution >= 4 is 44.8 Å². The SMILES string of the molecule is CCNc1ccc(C(=O)Nc2cc(Cl)c(C)cc2Br)cc1. The van der Waals surface area contributed by atoms with E-state index in [-0.39, 0.29) is 5.91 Å². The Morgan fingerprint density at radius 2 is 1.90 bits per heavy atom. The zero-order valence-corrected chi connectivity index (χ0v) is 14.2. The van der Waals surface area contributed by atoms with Gasteiger partial charge in [0, 0.05) is 27.3 Å². The Kier molecular flexibility index (Phi) is 5.26. The number of halogens is 2. The molecule has 5 heteroatoms. The standard InChI is InChI=1S/C16H16BrClN2O/c1-3-19-12-6-4-11(5-7-12)16(21)20-15-9-14(18)10(2)8-13(15)17/h4-9,19H,3H2,1-2H3,(H,20,21). The van der Waals surface area contributed by atoms with Crippen LogP contribution < -0.4 is 10.6 Å². The van der Waals surface area contributed by atoms with Crippen LogP contribution in [-0.4, -0.2) is 12.5 Å². The summed E-state index contributed by atoms with van der Waals surface area (Å²) in [5, 5.41) is 6.67. The summed E-state index contributed by atoms with van der Waals surface area (Å²) in [6.07, 6.45) is 0. The van der Waals surface area contributed by atoms with E-state index in [2.05, 4.69) is 26.6 Å². The van der Waals surface area contributed by atoms with E-state index in [4.69, 9.17) is 11.6 Å². The fraction of sp³-hybridized carbons (Fsp3) is 0.188. The Morgan fingerprint density at radius 1 is 1.24 bits per heavy atom. The Morgan fingerprint density at radius 3 is 2.52 bits per heavy atom. The zero-order chi connectivity index (χ0) is 15.4. The highest BCUT2D eigenvalue weighted by Gasteiger charge is 2.10. The van der Waals surface area contributed by atoms with Crippen LogP contribution in [0.1, 0.15) is 22.8 Å². The number of carbonyl (C=O) groups is 1. The van der Waals surface area contributed by atoms with Crippen molar-refractivity contribution < 1.29 is 4.79 Å². The summed E-state index contributed by atoms with van der Waals surface area (Å²) in [6, 6.07) is 11.0. The molecule has 110 valence electrons. The summed E-state index contributed by atoms with van der Waals surface area (Å²) in [6.45, 7) is 4.79. The predicted octanol–water partition coefficient (Wildman–Crippen LogP) is 5.10. The van der Waals surface area contributed by atoms with Crippen LogP contribution in [0.5, 0.6) is 0 Å². The number of anilines is 2. The van der Waals surface area contributed by atoms with Gasteiger partial charge in [0.05, 0.1) is 5.69 Å². The summed E-state index contributed by atoms with van der Waals surface area (Å²) in [7, 11) is 0. The lowest BCUT2D eigenvalue weighted by molar-refractivity contribution is 0.102. The van der Waals surface area contributed by atoms with E-state index in [1.165, 1.54) is 0 Å². The quantitative estimate of drug-likeness (QED) is 0.790. The maximum absolute atomic E-state index is 12.2. The normalized spacial score (nSPS) is 10.3. The van der Waals surface area contributed by atoms with Crippen molar-refractivity contribution in [2.24, 2.45) is 0 Å². The van der Waals surface area contributed by atoms with Crippen LogP contribution in [0, 0.1) is 6.92 Å². The summed E-state index contributed by atoms with van der Waals surface area (Å²) in [4.78, 5) is 12.2. The lowest BCUT2D eigenvalue weighted by Gasteiger charge is -2.10. The van der Waals surface area contributed by atoms with Crippen LogP contribution in [0.25, 0.3) is 0 Å². The molecule has 0 unspecified atom stereocenters. The van der Waals surface area contributed by atoms with Crippen LogP contribution >= 0.6 is 27.5 Å². The highest BCUT2D eigenvalue weighted by molar-refractivity contribution is 9.10. The van der Waals surface area contributed by atoms with Crippen molar-refractivity contribution in [1.29, 1.82) is 0 Å². The molecule has 0 bridgehead atoms. The molecule has 2 N–H and O–H groups in total. The van der Waals surface area contributed by atoms with Crippen LogP contribution in [0.4, 0.5) is 11.4 Å². The maximum atomic E-state index is 12.2. The summed E-state index contributed by atoms with van der Waals surface area (Å²) in [5.74, 6) is -0.168. The van der Waals surface area contributed by atoms with Gasteiger partial charge in [-0.1, -0.05) is 11.6 Å². The molecule has 21 heavy (non-hydrogen) atoms. The summed E-state index contributed by atoms with van der Waals surface area (Å²) in [5.41, 5.74) is 3.21. The lowest BCUT2D eigenvalue weighted by atomic mass is 10.1. The van der Waals surface area contributed by atoms with E-state index < -0.39 is 0 Å². The number of hydrogen-bond acceptors (Lipinski definition) is 2. The second-order valence-corrected chi connectivity index (χ2v) is 5.90. The van der Waals surface area contributed by atoms with E-state index in [0.29, 0.717) is 16.3 Å². The first-order valence-corrected chi connectivity index (χ1v) is 7.79. The number of carbonyl (C=O) groups excluding carboxylic acids is 1. The Hall–Kier alpha value is -1.52. The highest BCUT2D eigenvalue weighted by Crippen LogP contribution is 2.29. The minimum absolute atomic E-state index is 0.168. The number of nitrogens with one attached hydrogen (secondary N) is 2. The third-order valence-corrected chi connectivity index (χ3v) is 4.09. The molecule has 0 fully saturated rings. The number of benzene rings is 2. The van der Waals surface area contributed by atoms with E-state index in [9.17, 15) is 4.79 Å². The van der Waals surface area contributed by atoms with Crippen LogP contribution in [0.2, 0.25) is 5.02 Å². The van der Waals surface area contributed by atoms with Crippen LogP contribution in [0.3, 0.4) is 0 Å². The molecular formula is C16H16BrClN2O. The topological polar surface area (TPSA) is 41.1 Å². The molecule has 3 nitrogen and oxygen atoms in total. The fourth-order valence-electron chi connectivity index (χ4n) is 1.88. The second-order valence-electron chi connectivity index (χ2n) is 4.64. The largest absolute Gasteiger partial charge is 0.385 e.